The fraction of sp³-hybridized carbons (Fsp3) is 0.167. The van der Waals surface area contributed by atoms with E-state index in [-0.39, 0.29) is 0 Å². The molecule has 11 heavy (non-hydrogen) atoms. The van der Waals surface area contributed by atoms with Gasteiger partial charge in [-0.2, -0.15) is 0 Å². The van der Waals surface area contributed by atoms with E-state index in [1.807, 2.05) is 0 Å². The van der Waals surface area contributed by atoms with E-state index in [1.165, 1.54) is 6.33 Å². The van der Waals surface area contributed by atoms with E-state index >= 15 is 0 Å². The van der Waals surface area contributed by atoms with Crippen molar-refractivity contribution < 1.29 is 0 Å². The van der Waals surface area contributed by atoms with Gasteiger partial charge in [-0.15, -0.1) is 0 Å². The number of halogens is 1. The molecule has 4 nitrogen and oxygen atoms in total. The number of aromatic nitrogens is 2. The van der Waals surface area contributed by atoms with Gasteiger partial charge >= 0.3 is 0 Å². The molecule has 0 fully saturated rings. The van der Waals surface area contributed by atoms with Crippen LogP contribution in [0.5, 0.6) is 0 Å². The average molecular weight is 215 g/mol. The Balaban J connectivity index is 3.24. The summed E-state index contributed by atoms with van der Waals surface area (Å²) < 4.78 is 0.645. The van der Waals surface area contributed by atoms with Gasteiger partial charge in [-0.3, -0.25) is 4.99 Å². The van der Waals surface area contributed by atoms with Gasteiger partial charge in [-0.05, 0) is 22.6 Å². The van der Waals surface area contributed by atoms with Crippen molar-refractivity contribution in [2.75, 3.05) is 12.4 Å². The number of nitrogens with one attached hydrogen (secondary N) is 1. The molecule has 1 rings (SSSR count). The zero-order chi connectivity index (χ0) is 8.27. The van der Waals surface area contributed by atoms with Gasteiger partial charge in [0.15, 0.2) is 5.82 Å². The van der Waals surface area contributed by atoms with Crippen molar-refractivity contribution in [3.63, 3.8) is 0 Å². The summed E-state index contributed by atoms with van der Waals surface area (Å²) in [5.74, 6) is 0.668. The maximum absolute atomic E-state index is 3.94. The largest absolute Gasteiger partial charge is 0.371 e. The molecule has 1 aromatic heterocycles. The van der Waals surface area contributed by atoms with Gasteiger partial charge < -0.3 is 5.32 Å². The van der Waals surface area contributed by atoms with E-state index in [0.29, 0.717) is 16.1 Å². The molecular formula is C6H7BrN4. The smallest absolute Gasteiger partial charge is 0.156 e. The highest BCUT2D eigenvalue weighted by atomic mass is 79.9. The van der Waals surface area contributed by atoms with Crippen LogP contribution in [-0.2, 0) is 0 Å². The Morgan fingerprint density at radius 1 is 1.64 bits per heavy atom. The number of hydrogen-bond acceptors (Lipinski definition) is 4. The van der Waals surface area contributed by atoms with Crippen molar-refractivity contribution >= 4 is 34.2 Å². The van der Waals surface area contributed by atoms with Crippen molar-refractivity contribution in [3.05, 3.63) is 10.9 Å². The summed E-state index contributed by atoms with van der Waals surface area (Å²) in [7, 11) is 1.77. The van der Waals surface area contributed by atoms with Crippen molar-refractivity contribution in [1.82, 2.24) is 9.97 Å². The number of anilines is 1. The SMILES string of the molecule is C=Nc1c(Br)ncnc1NC. The molecule has 5 heteroatoms. The van der Waals surface area contributed by atoms with Gasteiger partial charge in [-0.1, -0.05) is 0 Å². The molecule has 0 saturated heterocycles. The second kappa shape index (κ2) is 3.43. The second-order valence-corrected chi connectivity index (χ2v) is 2.52. The van der Waals surface area contributed by atoms with Gasteiger partial charge in [0, 0.05) is 7.05 Å². The fourth-order valence-electron chi connectivity index (χ4n) is 0.680. The van der Waals surface area contributed by atoms with Crippen LogP contribution in [-0.4, -0.2) is 23.7 Å². The van der Waals surface area contributed by atoms with Crippen molar-refractivity contribution in [3.8, 4) is 0 Å². The third-order valence-electron chi connectivity index (χ3n) is 1.17. The van der Waals surface area contributed by atoms with Crippen LogP contribution < -0.4 is 5.32 Å². The summed E-state index contributed by atoms with van der Waals surface area (Å²) >= 11 is 3.22. The molecule has 0 aliphatic heterocycles. The van der Waals surface area contributed by atoms with Crippen LogP contribution in [0.1, 0.15) is 0 Å². The van der Waals surface area contributed by atoms with E-state index in [1.54, 1.807) is 7.05 Å². The van der Waals surface area contributed by atoms with Crippen LogP contribution in [0.3, 0.4) is 0 Å². The Hall–Kier alpha value is -0.970. The predicted molar refractivity (Wildman–Crippen MR) is 48.5 cm³/mol. The maximum atomic E-state index is 3.94. The minimum absolute atomic E-state index is 0.634. The van der Waals surface area contributed by atoms with Gasteiger partial charge in [0.25, 0.3) is 0 Å². The molecule has 58 valence electrons. The first-order valence-electron chi connectivity index (χ1n) is 2.94. The fourth-order valence-corrected chi connectivity index (χ4v) is 1.09. The minimum Gasteiger partial charge on any atom is -0.371 e. The standard InChI is InChI=1S/C6H7BrN4/c1-8-4-5(7)10-3-11-6(4)9-2/h3H,1H2,2H3,(H,9,10,11). The van der Waals surface area contributed by atoms with Gasteiger partial charge in [0.05, 0.1) is 0 Å². The molecule has 0 spiro atoms. The van der Waals surface area contributed by atoms with Gasteiger partial charge in [0.1, 0.15) is 16.6 Å². The number of nitrogens with zero attached hydrogens (tertiary/aromatic N) is 3. The molecule has 0 unspecified atom stereocenters. The first-order valence-corrected chi connectivity index (χ1v) is 3.74. The van der Waals surface area contributed by atoms with E-state index < -0.39 is 0 Å². The molecule has 1 N–H and O–H groups in total. The Morgan fingerprint density at radius 2 is 2.36 bits per heavy atom. The van der Waals surface area contributed by atoms with E-state index in [0.717, 1.165) is 0 Å². The molecule has 0 atom stereocenters. The molecule has 1 heterocycles. The molecule has 0 bridgehead atoms. The summed E-state index contributed by atoms with van der Waals surface area (Å²) in [6.45, 7) is 3.40. The van der Waals surface area contributed by atoms with Crippen molar-refractivity contribution in [2.45, 2.75) is 0 Å². The molecule has 0 saturated carbocycles. The Labute approximate surface area is 72.9 Å². The molecule has 0 amide bonds. The number of aliphatic imine (C=N–C) groups is 1. The summed E-state index contributed by atoms with van der Waals surface area (Å²) in [5.41, 5.74) is 0.634. The lowest BCUT2D eigenvalue weighted by Crippen LogP contribution is -1.93. The van der Waals surface area contributed by atoms with Crippen molar-refractivity contribution in [2.24, 2.45) is 4.99 Å². The third kappa shape index (κ3) is 1.54. The van der Waals surface area contributed by atoms with E-state index in [2.05, 4.69) is 42.9 Å². The molecule has 1 aromatic rings. The van der Waals surface area contributed by atoms with E-state index in [4.69, 9.17) is 0 Å². The van der Waals surface area contributed by atoms with Crippen LogP contribution in [0.15, 0.2) is 15.9 Å². The van der Waals surface area contributed by atoms with Crippen molar-refractivity contribution in [1.29, 1.82) is 0 Å². The zero-order valence-corrected chi connectivity index (χ0v) is 7.59. The second-order valence-electron chi connectivity index (χ2n) is 1.77. The first kappa shape index (κ1) is 8.13. The van der Waals surface area contributed by atoms with Crippen LogP contribution in [0.2, 0.25) is 0 Å². The normalized spacial score (nSPS) is 9.27. The lowest BCUT2D eigenvalue weighted by molar-refractivity contribution is 1.13. The molecule has 0 aliphatic rings. The molecule has 0 aromatic carbocycles. The monoisotopic (exact) mass is 214 g/mol. The maximum Gasteiger partial charge on any atom is 0.156 e. The highest BCUT2D eigenvalue weighted by Crippen LogP contribution is 2.28. The van der Waals surface area contributed by atoms with Gasteiger partial charge in [-0.25, -0.2) is 9.97 Å². The van der Waals surface area contributed by atoms with Crippen LogP contribution in [0.4, 0.5) is 11.5 Å². The summed E-state index contributed by atoms with van der Waals surface area (Å²) in [6.07, 6.45) is 1.45. The van der Waals surface area contributed by atoms with Gasteiger partial charge in [0.2, 0.25) is 0 Å². The first-order chi connectivity index (χ1) is 5.29. The van der Waals surface area contributed by atoms with Crippen LogP contribution in [0.25, 0.3) is 0 Å². The average Bonchev–Trinajstić information content (AvgIpc) is 2.04. The van der Waals surface area contributed by atoms with Crippen LogP contribution in [0, 0.1) is 0 Å². The highest BCUT2D eigenvalue weighted by molar-refractivity contribution is 9.10. The zero-order valence-electron chi connectivity index (χ0n) is 6.00. The summed E-state index contributed by atoms with van der Waals surface area (Å²) in [4.78, 5) is 11.6. The molecule has 0 aliphatic carbocycles. The Kier molecular flexibility index (Phi) is 2.53. The predicted octanol–water partition coefficient (Wildman–Crippen LogP) is 1.61. The lowest BCUT2D eigenvalue weighted by Gasteiger charge is -2.02. The summed E-state index contributed by atoms with van der Waals surface area (Å²) in [5, 5.41) is 2.87. The minimum atomic E-state index is 0.634. The molecule has 0 radical (unpaired) electrons. The van der Waals surface area contributed by atoms with Crippen LogP contribution >= 0.6 is 15.9 Å². The topological polar surface area (TPSA) is 50.2 Å². The van der Waals surface area contributed by atoms with E-state index in [9.17, 15) is 0 Å². The Bertz CT molecular complexity index is 273. The summed E-state index contributed by atoms with van der Waals surface area (Å²) in [6, 6.07) is 0. The number of hydrogen-bond donors (Lipinski definition) is 1. The lowest BCUT2D eigenvalue weighted by atomic mass is 10.5. The quantitative estimate of drug-likeness (QED) is 0.602. The highest BCUT2D eigenvalue weighted by Gasteiger charge is 2.04. The Morgan fingerprint density at radius 3 is 2.82 bits per heavy atom. The third-order valence-corrected chi connectivity index (χ3v) is 1.75. The molecular weight excluding hydrogens is 208 g/mol. The number of rotatable bonds is 2.